The molecule has 2 atom stereocenters. The highest BCUT2D eigenvalue weighted by Gasteiger charge is 2.19. The Morgan fingerprint density at radius 2 is 2.11 bits per heavy atom. The molecule has 5 heteroatoms. The van der Waals surface area contributed by atoms with Gasteiger partial charge in [0.25, 0.3) is 0 Å². The molecule has 0 radical (unpaired) electrons. The van der Waals surface area contributed by atoms with Crippen LogP contribution in [0.4, 0.5) is 0 Å². The summed E-state index contributed by atoms with van der Waals surface area (Å²) in [7, 11) is 0. The molecule has 0 aliphatic rings. The van der Waals surface area contributed by atoms with Gasteiger partial charge in [0.2, 0.25) is 0 Å². The van der Waals surface area contributed by atoms with Crippen LogP contribution in [0.3, 0.4) is 0 Å². The molecule has 0 aliphatic carbocycles. The first-order valence-corrected chi connectivity index (χ1v) is 6.72. The van der Waals surface area contributed by atoms with Gasteiger partial charge >= 0.3 is 0 Å². The molecule has 100 valence electrons. The second-order valence-electron chi connectivity index (χ2n) is 4.03. The van der Waals surface area contributed by atoms with E-state index in [4.69, 9.17) is 5.11 Å². The Hall–Kier alpha value is -0.880. The van der Waals surface area contributed by atoms with Crippen molar-refractivity contribution in [3.05, 3.63) is 35.4 Å². The molecular formula is C13H18O4S. The molecule has 4 nitrogen and oxygen atoms in total. The summed E-state index contributed by atoms with van der Waals surface area (Å²) < 4.78 is 0. The fraction of sp³-hybridized carbons (Fsp3) is 0.462. The third-order valence-electron chi connectivity index (χ3n) is 2.51. The Morgan fingerprint density at radius 1 is 1.39 bits per heavy atom. The molecule has 0 spiro atoms. The van der Waals surface area contributed by atoms with Crippen LogP contribution < -0.4 is 0 Å². The molecule has 1 rings (SSSR count). The molecule has 0 aliphatic heterocycles. The highest BCUT2D eigenvalue weighted by atomic mass is 32.2. The molecule has 1 aromatic rings. The third-order valence-corrected chi connectivity index (χ3v) is 3.43. The van der Waals surface area contributed by atoms with Crippen LogP contribution in [0.25, 0.3) is 0 Å². The first kappa shape index (κ1) is 15.2. The normalized spacial score (nSPS) is 14.2. The van der Waals surface area contributed by atoms with Crippen LogP contribution in [0.15, 0.2) is 24.3 Å². The number of aliphatic hydroxyl groups is 3. The van der Waals surface area contributed by atoms with Crippen molar-refractivity contribution in [2.24, 2.45) is 0 Å². The van der Waals surface area contributed by atoms with Gasteiger partial charge in [0.1, 0.15) is 6.10 Å². The Balaban J connectivity index is 2.67. The lowest BCUT2D eigenvalue weighted by molar-refractivity contribution is -0.109. The van der Waals surface area contributed by atoms with Gasteiger partial charge in [0.05, 0.1) is 6.10 Å². The Labute approximate surface area is 111 Å². The van der Waals surface area contributed by atoms with Crippen molar-refractivity contribution >= 4 is 16.9 Å². The maximum atomic E-state index is 10.8. The average molecular weight is 270 g/mol. The van der Waals surface area contributed by atoms with Crippen LogP contribution in [-0.4, -0.2) is 38.9 Å². The second-order valence-corrected chi connectivity index (χ2v) is 5.23. The Morgan fingerprint density at radius 3 is 2.72 bits per heavy atom. The Kier molecular flexibility index (Phi) is 6.35. The molecular weight excluding hydrogens is 252 g/mol. The minimum Gasteiger partial charge on any atom is -0.396 e. The maximum absolute atomic E-state index is 10.8. The van der Waals surface area contributed by atoms with Gasteiger partial charge < -0.3 is 15.3 Å². The fourth-order valence-corrected chi connectivity index (χ4v) is 2.17. The van der Waals surface area contributed by atoms with Crippen LogP contribution in [0.5, 0.6) is 0 Å². The topological polar surface area (TPSA) is 77.8 Å². The molecule has 2 unspecified atom stereocenters. The van der Waals surface area contributed by atoms with Gasteiger partial charge in [-0.2, -0.15) is 0 Å². The van der Waals surface area contributed by atoms with Gasteiger partial charge in [-0.1, -0.05) is 36.0 Å². The molecule has 0 bridgehead atoms. The van der Waals surface area contributed by atoms with E-state index in [1.807, 2.05) is 6.07 Å². The van der Waals surface area contributed by atoms with Crippen molar-refractivity contribution in [1.82, 2.24) is 0 Å². The van der Waals surface area contributed by atoms with E-state index in [1.165, 1.54) is 6.92 Å². The quantitative estimate of drug-likeness (QED) is 0.716. The molecule has 0 saturated carbocycles. The van der Waals surface area contributed by atoms with E-state index in [0.29, 0.717) is 12.0 Å². The standard InChI is InChI=1S/C13H18O4S/c1-9(15)18-8-12(16)13(17)11-4-2-3-10(7-11)5-6-14/h2-4,7,12-14,16-17H,5-6,8H2,1H3. The lowest BCUT2D eigenvalue weighted by Crippen LogP contribution is -2.21. The highest BCUT2D eigenvalue weighted by molar-refractivity contribution is 8.13. The van der Waals surface area contributed by atoms with Crippen LogP contribution >= 0.6 is 11.8 Å². The van der Waals surface area contributed by atoms with Gasteiger partial charge in [0, 0.05) is 19.3 Å². The van der Waals surface area contributed by atoms with Crippen molar-refractivity contribution in [3.63, 3.8) is 0 Å². The number of carbonyl (C=O) groups excluding carboxylic acids is 1. The van der Waals surface area contributed by atoms with Crippen molar-refractivity contribution in [3.8, 4) is 0 Å². The predicted molar refractivity (Wildman–Crippen MR) is 71.3 cm³/mol. The summed E-state index contributed by atoms with van der Waals surface area (Å²) in [6.07, 6.45) is -1.49. The lowest BCUT2D eigenvalue weighted by atomic mass is 10.0. The SMILES string of the molecule is CC(=O)SCC(O)C(O)c1cccc(CCO)c1. The monoisotopic (exact) mass is 270 g/mol. The number of rotatable bonds is 6. The van der Waals surface area contributed by atoms with E-state index in [2.05, 4.69) is 0 Å². The van der Waals surface area contributed by atoms with Gasteiger partial charge in [-0.15, -0.1) is 0 Å². The summed E-state index contributed by atoms with van der Waals surface area (Å²) in [6, 6.07) is 7.09. The number of thioether (sulfide) groups is 1. The van der Waals surface area contributed by atoms with E-state index in [1.54, 1.807) is 18.2 Å². The molecule has 0 heterocycles. The van der Waals surface area contributed by atoms with Gasteiger partial charge in [0.15, 0.2) is 5.12 Å². The van der Waals surface area contributed by atoms with Crippen molar-refractivity contribution in [2.75, 3.05) is 12.4 Å². The van der Waals surface area contributed by atoms with Crippen LogP contribution in [0, 0.1) is 0 Å². The van der Waals surface area contributed by atoms with Crippen molar-refractivity contribution in [1.29, 1.82) is 0 Å². The van der Waals surface area contributed by atoms with Crippen LogP contribution in [0.2, 0.25) is 0 Å². The number of carbonyl (C=O) groups is 1. The van der Waals surface area contributed by atoms with E-state index in [9.17, 15) is 15.0 Å². The van der Waals surface area contributed by atoms with Crippen LogP contribution in [-0.2, 0) is 11.2 Å². The smallest absolute Gasteiger partial charge is 0.185 e. The van der Waals surface area contributed by atoms with E-state index in [-0.39, 0.29) is 17.5 Å². The summed E-state index contributed by atoms with van der Waals surface area (Å²) in [4.78, 5) is 10.8. The minimum absolute atomic E-state index is 0.0439. The van der Waals surface area contributed by atoms with Crippen molar-refractivity contribution < 1.29 is 20.1 Å². The van der Waals surface area contributed by atoms with Crippen molar-refractivity contribution in [2.45, 2.75) is 25.6 Å². The fourth-order valence-electron chi connectivity index (χ4n) is 1.58. The molecule has 0 saturated heterocycles. The number of hydrogen-bond donors (Lipinski definition) is 3. The number of aliphatic hydroxyl groups excluding tert-OH is 3. The van der Waals surface area contributed by atoms with E-state index in [0.717, 1.165) is 17.3 Å². The van der Waals surface area contributed by atoms with E-state index >= 15 is 0 Å². The first-order chi connectivity index (χ1) is 8.54. The molecule has 3 N–H and O–H groups in total. The largest absolute Gasteiger partial charge is 0.396 e. The maximum Gasteiger partial charge on any atom is 0.185 e. The number of benzene rings is 1. The lowest BCUT2D eigenvalue weighted by Gasteiger charge is -2.18. The zero-order chi connectivity index (χ0) is 13.5. The molecule has 18 heavy (non-hydrogen) atoms. The molecule has 1 aromatic carbocycles. The summed E-state index contributed by atoms with van der Waals surface area (Å²) in [5.74, 6) is 0.167. The Bertz CT molecular complexity index is 394. The first-order valence-electron chi connectivity index (χ1n) is 5.73. The van der Waals surface area contributed by atoms with Crippen LogP contribution in [0.1, 0.15) is 24.2 Å². The average Bonchev–Trinajstić information content (AvgIpc) is 2.35. The zero-order valence-electron chi connectivity index (χ0n) is 10.2. The summed E-state index contributed by atoms with van der Waals surface area (Å²) in [5.41, 5.74) is 1.50. The summed E-state index contributed by atoms with van der Waals surface area (Å²) in [6.45, 7) is 1.47. The molecule has 0 aromatic heterocycles. The second kappa shape index (κ2) is 7.53. The molecule has 0 amide bonds. The summed E-state index contributed by atoms with van der Waals surface area (Å²) in [5, 5.41) is 28.5. The minimum atomic E-state index is -1.02. The number of hydrogen-bond acceptors (Lipinski definition) is 5. The summed E-state index contributed by atoms with van der Waals surface area (Å²) >= 11 is 0.988. The van der Waals surface area contributed by atoms with Gasteiger partial charge in [-0.05, 0) is 17.5 Å². The highest BCUT2D eigenvalue weighted by Crippen LogP contribution is 2.21. The van der Waals surface area contributed by atoms with E-state index < -0.39 is 12.2 Å². The zero-order valence-corrected chi connectivity index (χ0v) is 11.1. The molecule has 0 fully saturated rings. The predicted octanol–water partition coefficient (Wildman–Crippen LogP) is 0.895. The van der Waals surface area contributed by atoms with Gasteiger partial charge in [-0.3, -0.25) is 4.79 Å². The van der Waals surface area contributed by atoms with Gasteiger partial charge in [-0.25, -0.2) is 0 Å². The third kappa shape index (κ3) is 4.78.